The number of hydrogen-bond acceptors (Lipinski definition) is 5. The van der Waals surface area contributed by atoms with Crippen LogP contribution in [0, 0.1) is 0 Å². The van der Waals surface area contributed by atoms with E-state index in [1.807, 2.05) is 6.07 Å². The van der Waals surface area contributed by atoms with Crippen molar-refractivity contribution in [1.82, 2.24) is 15.3 Å². The second kappa shape index (κ2) is 4.65. The molecule has 17 heavy (non-hydrogen) atoms. The number of likely N-dealkylation sites (N-methyl/N-ethyl adjacent to an activating group) is 1. The van der Waals surface area contributed by atoms with Gasteiger partial charge in [0.1, 0.15) is 12.1 Å². The molecule has 6 heteroatoms. The maximum Gasteiger partial charge on any atom is 0.239 e. The molecule has 0 saturated heterocycles. The lowest BCUT2D eigenvalue weighted by Gasteiger charge is -2.07. The van der Waals surface area contributed by atoms with Crippen LogP contribution in [0.1, 0.15) is 0 Å². The Balaban J connectivity index is 2.31. The van der Waals surface area contributed by atoms with Gasteiger partial charge < -0.3 is 16.4 Å². The molecule has 2 rings (SSSR count). The third-order valence-corrected chi connectivity index (χ3v) is 2.36. The first kappa shape index (κ1) is 11.1. The number of nitrogens with zero attached hydrogens (tertiary/aromatic N) is 2. The van der Waals surface area contributed by atoms with Gasteiger partial charge in [0.15, 0.2) is 0 Å². The third-order valence-electron chi connectivity index (χ3n) is 2.36. The molecule has 1 aromatic heterocycles. The maximum atomic E-state index is 11.1. The first-order valence-corrected chi connectivity index (χ1v) is 5.15. The Bertz CT molecular complexity index is 555. The highest BCUT2D eigenvalue weighted by Gasteiger charge is 2.04. The number of benzene rings is 1. The second-order valence-electron chi connectivity index (χ2n) is 3.53. The summed E-state index contributed by atoms with van der Waals surface area (Å²) in [5.41, 5.74) is 7.07. The molecule has 0 bridgehead atoms. The number of nitrogens with one attached hydrogen (secondary N) is 2. The Morgan fingerprint density at radius 3 is 3.00 bits per heavy atom. The number of carbonyl (C=O) groups is 1. The van der Waals surface area contributed by atoms with Gasteiger partial charge in [0, 0.05) is 18.1 Å². The van der Waals surface area contributed by atoms with Gasteiger partial charge >= 0.3 is 0 Å². The Labute approximate surface area is 98.2 Å². The van der Waals surface area contributed by atoms with E-state index in [4.69, 9.17) is 5.73 Å². The zero-order valence-electron chi connectivity index (χ0n) is 9.40. The van der Waals surface area contributed by atoms with Gasteiger partial charge in [0.05, 0.1) is 12.1 Å². The van der Waals surface area contributed by atoms with Crippen molar-refractivity contribution in [2.45, 2.75) is 0 Å². The van der Waals surface area contributed by atoms with Crippen LogP contribution < -0.4 is 16.4 Å². The fraction of sp³-hybridized carbons (Fsp3) is 0.182. The van der Waals surface area contributed by atoms with Crippen LogP contribution >= 0.6 is 0 Å². The van der Waals surface area contributed by atoms with Crippen LogP contribution in [-0.2, 0) is 4.79 Å². The molecule has 0 atom stereocenters. The average Bonchev–Trinajstić information content (AvgIpc) is 2.35. The quantitative estimate of drug-likeness (QED) is 0.664. The van der Waals surface area contributed by atoms with Crippen molar-refractivity contribution in [3.8, 4) is 0 Å². The molecule has 1 amide bonds. The number of fused-ring (bicyclic) bond motifs is 1. The van der Waals surface area contributed by atoms with Crippen LogP contribution in [0.15, 0.2) is 24.5 Å². The van der Waals surface area contributed by atoms with E-state index in [9.17, 15) is 4.79 Å². The van der Waals surface area contributed by atoms with Gasteiger partial charge in [-0.25, -0.2) is 9.97 Å². The number of aromatic nitrogens is 2. The molecule has 0 spiro atoms. The lowest BCUT2D eigenvalue weighted by molar-refractivity contribution is -0.118. The van der Waals surface area contributed by atoms with E-state index in [1.54, 1.807) is 19.2 Å². The van der Waals surface area contributed by atoms with E-state index in [0.29, 0.717) is 11.5 Å². The number of carbonyl (C=O) groups excluding carboxylic acids is 1. The summed E-state index contributed by atoms with van der Waals surface area (Å²) in [4.78, 5) is 19.4. The van der Waals surface area contributed by atoms with E-state index in [0.717, 1.165) is 10.9 Å². The zero-order chi connectivity index (χ0) is 12.3. The maximum absolute atomic E-state index is 11.1. The van der Waals surface area contributed by atoms with Gasteiger partial charge in [-0.3, -0.25) is 4.79 Å². The molecule has 0 aliphatic carbocycles. The number of anilines is 2. The largest absolute Gasteiger partial charge is 0.399 e. The van der Waals surface area contributed by atoms with Gasteiger partial charge in [-0.2, -0.15) is 0 Å². The number of amides is 1. The standard InChI is InChI=1S/C11H13N5O/c1-13-10(17)5-14-11-8-3-2-7(12)4-9(8)15-6-16-11/h2-4,6H,5,12H2,1H3,(H,13,17)(H,14,15,16). The van der Waals surface area contributed by atoms with Crippen molar-refractivity contribution < 1.29 is 4.79 Å². The molecule has 0 aliphatic heterocycles. The summed E-state index contributed by atoms with van der Waals surface area (Å²) in [7, 11) is 1.59. The van der Waals surface area contributed by atoms with Crippen molar-refractivity contribution in [2.24, 2.45) is 0 Å². The van der Waals surface area contributed by atoms with E-state index >= 15 is 0 Å². The molecule has 2 aromatic rings. The minimum atomic E-state index is -0.104. The number of nitrogens with two attached hydrogens (primary N) is 1. The SMILES string of the molecule is CNC(=O)CNc1ncnc2cc(N)ccc12. The number of hydrogen-bond donors (Lipinski definition) is 3. The Kier molecular flexibility index (Phi) is 3.04. The third kappa shape index (κ3) is 2.41. The monoisotopic (exact) mass is 231 g/mol. The zero-order valence-corrected chi connectivity index (χ0v) is 9.40. The average molecular weight is 231 g/mol. The Morgan fingerprint density at radius 1 is 1.41 bits per heavy atom. The lowest BCUT2D eigenvalue weighted by Crippen LogP contribution is -2.26. The summed E-state index contributed by atoms with van der Waals surface area (Å²) in [5, 5.41) is 6.32. The Hall–Kier alpha value is -2.37. The highest BCUT2D eigenvalue weighted by Crippen LogP contribution is 2.20. The van der Waals surface area contributed by atoms with Crippen LogP contribution in [0.3, 0.4) is 0 Å². The summed E-state index contributed by atoms with van der Waals surface area (Å²) in [5.74, 6) is 0.519. The first-order chi connectivity index (χ1) is 8.20. The first-order valence-electron chi connectivity index (χ1n) is 5.15. The van der Waals surface area contributed by atoms with Crippen molar-refractivity contribution in [3.63, 3.8) is 0 Å². The lowest BCUT2D eigenvalue weighted by atomic mass is 10.2. The highest BCUT2D eigenvalue weighted by molar-refractivity contribution is 5.92. The number of rotatable bonds is 3. The molecule has 4 N–H and O–H groups in total. The molecule has 0 saturated carbocycles. The van der Waals surface area contributed by atoms with Gasteiger partial charge in [0.2, 0.25) is 5.91 Å². The van der Waals surface area contributed by atoms with Gasteiger partial charge in [-0.05, 0) is 18.2 Å². The van der Waals surface area contributed by atoms with E-state index in [1.165, 1.54) is 6.33 Å². The van der Waals surface area contributed by atoms with Crippen molar-refractivity contribution in [2.75, 3.05) is 24.6 Å². The van der Waals surface area contributed by atoms with Crippen molar-refractivity contribution in [1.29, 1.82) is 0 Å². The second-order valence-corrected chi connectivity index (χ2v) is 3.53. The molecule has 88 valence electrons. The molecule has 0 unspecified atom stereocenters. The van der Waals surface area contributed by atoms with Gasteiger partial charge in [0.25, 0.3) is 0 Å². The van der Waals surface area contributed by atoms with Crippen LogP contribution in [-0.4, -0.2) is 29.5 Å². The van der Waals surface area contributed by atoms with E-state index in [-0.39, 0.29) is 12.5 Å². The summed E-state index contributed by atoms with van der Waals surface area (Å²) in [6, 6.07) is 5.37. The predicted octanol–water partition coefficient (Wildman–Crippen LogP) is 0.370. The van der Waals surface area contributed by atoms with E-state index in [2.05, 4.69) is 20.6 Å². The van der Waals surface area contributed by atoms with Gasteiger partial charge in [-0.15, -0.1) is 0 Å². The molecule has 0 aliphatic rings. The molecular formula is C11H13N5O. The summed E-state index contributed by atoms with van der Waals surface area (Å²) >= 11 is 0. The van der Waals surface area contributed by atoms with E-state index < -0.39 is 0 Å². The van der Waals surface area contributed by atoms with Crippen molar-refractivity contribution >= 4 is 28.3 Å². The molecule has 1 heterocycles. The summed E-state index contributed by atoms with van der Waals surface area (Å²) < 4.78 is 0. The smallest absolute Gasteiger partial charge is 0.239 e. The fourth-order valence-electron chi connectivity index (χ4n) is 1.47. The van der Waals surface area contributed by atoms with Crippen LogP contribution in [0.4, 0.5) is 11.5 Å². The predicted molar refractivity (Wildman–Crippen MR) is 66.5 cm³/mol. The molecule has 6 nitrogen and oxygen atoms in total. The number of nitrogen functional groups attached to an aromatic ring is 1. The topological polar surface area (TPSA) is 92.9 Å². The van der Waals surface area contributed by atoms with Crippen LogP contribution in [0.25, 0.3) is 10.9 Å². The molecular weight excluding hydrogens is 218 g/mol. The van der Waals surface area contributed by atoms with Crippen LogP contribution in [0.5, 0.6) is 0 Å². The van der Waals surface area contributed by atoms with Gasteiger partial charge in [-0.1, -0.05) is 0 Å². The normalized spacial score (nSPS) is 10.2. The van der Waals surface area contributed by atoms with Crippen molar-refractivity contribution in [3.05, 3.63) is 24.5 Å². The summed E-state index contributed by atoms with van der Waals surface area (Å²) in [6.45, 7) is 0.174. The highest BCUT2D eigenvalue weighted by atomic mass is 16.1. The summed E-state index contributed by atoms with van der Waals surface area (Å²) in [6.07, 6.45) is 1.44. The molecule has 1 aromatic carbocycles. The Morgan fingerprint density at radius 2 is 2.24 bits per heavy atom. The molecule has 0 radical (unpaired) electrons. The fourth-order valence-corrected chi connectivity index (χ4v) is 1.47. The van der Waals surface area contributed by atoms with Crippen LogP contribution in [0.2, 0.25) is 0 Å². The molecule has 0 fully saturated rings. The minimum Gasteiger partial charge on any atom is -0.399 e. The minimum absolute atomic E-state index is 0.104.